The van der Waals surface area contributed by atoms with Crippen LogP contribution in [0.3, 0.4) is 0 Å². The molecule has 0 aliphatic heterocycles. The summed E-state index contributed by atoms with van der Waals surface area (Å²) in [5, 5.41) is 7.37. The third-order valence-corrected chi connectivity index (χ3v) is 5.06. The van der Waals surface area contributed by atoms with Gasteiger partial charge >= 0.3 is 5.97 Å². The molecule has 0 bridgehead atoms. The van der Waals surface area contributed by atoms with E-state index in [1.54, 1.807) is 39.0 Å². The van der Waals surface area contributed by atoms with Crippen LogP contribution in [0.4, 0.5) is 0 Å². The van der Waals surface area contributed by atoms with Crippen LogP contribution < -0.4 is 14.8 Å². The molecular weight excluding hydrogens is 459 g/mol. The summed E-state index contributed by atoms with van der Waals surface area (Å²) in [5.74, 6) is -0.967. The van der Waals surface area contributed by atoms with Gasteiger partial charge in [-0.05, 0) is 25.1 Å². The lowest BCUT2D eigenvalue weighted by Gasteiger charge is -2.15. The second-order valence-corrected chi connectivity index (χ2v) is 7.86. The number of esters is 1. The van der Waals surface area contributed by atoms with E-state index < -0.39 is 23.8 Å². The number of pyridine rings is 1. The molecule has 32 heavy (non-hydrogen) atoms. The van der Waals surface area contributed by atoms with E-state index in [9.17, 15) is 9.59 Å². The van der Waals surface area contributed by atoms with Crippen LogP contribution in [0.15, 0.2) is 35.0 Å². The van der Waals surface area contributed by atoms with Gasteiger partial charge in [-0.3, -0.25) is 9.59 Å². The lowest BCUT2D eigenvalue weighted by atomic mass is 10.2. The molecule has 168 valence electrons. The first-order valence-electron chi connectivity index (χ1n) is 9.55. The standard InChI is InChI=1S/C21H20Cl2N4O5/c1-10(2)21(29)31-17-15(30-4)7-8-24-16(17)19(28)25-11(3)18-26-20(32-27-18)12-5-6-13(22)14(23)9-12/h5-11H,1-4H3,(H,25,28)/t11-/m0/s1. The highest BCUT2D eigenvalue weighted by Gasteiger charge is 2.25. The maximum absolute atomic E-state index is 12.9. The summed E-state index contributed by atoms with van der Waals surface area (Å²) in [6, 6.07) is 5.74. The number of rotatable bonds is 7. The minimum Gasteiger partial charge on any atom is -0.493 e. The summed E-state index contributed by atoms with van der Waals surface area (Å²) in [7, 11) is 1.40. The smallest absolute Gasteiger partial charge is 0.313 e. The van der Waals surface area contributed by atoms with E-state index >= 15 is 0 Å². The Kier molecular flexibility index (Phi) is 7.32. The molecule has 0 saturated heterocycles. The molecule has 0 unspecified atom stereocenters. The molecule has 1 N–H and O–H groups in total. The summed E-state index contributed by atoms with van der Waals surface area (Å²) >= 11 is 12.0. The van der Waals surface area contributed by atoms with Crippen molar-refractivity contribution in [3.8, 4) is 23.0 Å². The van der Waals surface area contributed by atoms with E-state index in [1.165, 1.54) is 19.4 Å². The number of methoxy groups -OCH3 is 1. The molecule has 3 rings (SSSR count). The minimum absolute atomic E-state index is 0.0667. The van der Waals surface area contributed by atoms with Gasteiger partial charge in [0.1, 0.15) is 0 Å². The molecule has 3 aromatic rings. The second-order valence-electron chi connectivity index (χ2n) is 7.05. The summed E-state index contributed by atoms with van der Waals surface area (Å²) in [6.07, 6.45) is 1.38. The third kappa shape index (κ3) is 5.17. The van der Waals surface area contributed by atoms with Crippen molar-refractivity contribution in [2.45, 2.75) is 26.8 Å². The van der Waals surface area contributed by atoms with Gasteiger partial charge in [-0.1, -0.05) is 42.2 Å². The Morgan fingerprint density at radius 1 is 1.12 bits per heavy atom. The second kappa shape index (κ2) is 9.97. The van der Waals surface area contributed by atoms with E-state index in [0.717, 1.165) is 0 Å². The number of hydrogen-bond donors (Lipinski definition) is 1. The van der Waals surface area contributed by atoms with Crippen molar-refractivity contribution < 1.29 is 23.6 Å². The van der Waals surface area contributed by atoms with Gasteiger partial charge in [0.2, 0.25) is 5.75 Å². The predicted molar refractivity (Wildman–Crippen MR) is 117 cm³/mol. The number of hydrogen-bond acceptors (Lipinski definition) is 8. The molecule has 0 aliphatic carbocycles. The molecule has 0 aliphatic rings. The van der Waals surface area contributed by atoms with Gasteiger partial charge in [-0.25, -0.2) is 4.98 Å². The Morgan fingerprint density at radius 3 is 2.53 bits per heavy atom. The first-order valence-corrected chi connectivity index (χ1v) is 10.3. The number of aromatic nitrogens is 3. The molecule has 0 spiro atoms. The van der Waals surface area contributed by atoms with Crippen LogP contribution in [0.5, 0.6) is 11.5 Å². The lowest BCUT2D eigenvalue weighted by Crippen LogP contribution is -2.29. The van der Waals surface area contributed by atoms with Crippen LogP contribution in [0.25, 0.3) is 11.5 Å². The fourth-order valence-electron chi connectivity index (χ4n) is 2.56. The number of nitrogens with zero attached hydrogens (tertiary/aromatic N) is 3. The average molecular weight is 479 g/mol. The Morgan fingerprint density at radius 2 is 1.88 bits per heavy atom. The van der Waals surface area contributed by atoms with Crippen LogP contribution in [-0.4, -0.2) is 34.1 Å². The van der Waals surface area contributed by atoms with Crippen LogP contribution >= 0.6 is 23.2 Å². The summed E-state index contributed by atoms with van der Waals surface area (Å²) < 4.78 is 15.9. The molecule has 2 heterocycles. The highest BCUT2D eigenvalue weighted by atomic mass is 35.5. The lowest BCUT2D eigenvalue weighted by molar-refractivity contribution is -0.137. The Balaban J connectivity index is 1.81. The number of carbonyl (C=O) groups is 2. The van der Waals surface area contributed by atoms with Gasteiger partial charge in [0.15, 0.2) is 17.3 Å². The first kappa shape index (κ1) is 23.5. The van der Waals surface area contributed by atoms with Crippen molar-refractivity contribution in [3.05, 3.63) is 52.0 Å². The Hall–Kier alpha value is -3.17. The number of carbonyl (C=O) groups excluding carboxylic acids is 2. The number of halogens is 2. The molecule has 1 amide bonds. The van der Waals surface area contributed by atoms with Crippen molar-refractivity contribution >= 4 is 35.1 Å². The first-order chi connectivity index (χ1) is 15.2. The molecular formula is C21H20Cl2N4O5. The molecule has 0 radical (unpaired) electrons. The molecule has 1 atom stereocenters. The fraction of sp³-hybridized carbons (Fsp3) is 0.286. The number of ether oxygens (including phenoxy) is 2. The Labute approximate surface area is 194 Å². The van der Waals surface area contributed by atoms with Crippen molar-refractivity contribution in [1.82, 2.24) is 20.4 Å². The van der Waals surface area contributed by atoms with Gasteiger partial charge < -0.3 is 19.3 Å². The van der Waals surface area contributed by atoms with E-state index in [-0.39, 0.29) is 28.9 Å². The molecule has 9 nitrogen and oxygen atoms in total. The highest BCUT2D eigenvalue weighted by molar-refractivity contribution is 6.42. The van der Waals surface area contributed by atoms with Crippen LogP contribution in [0.2, 0.25) is 10.0 Å². The van der Waals surface area contributed by atoms with Crippen molar-refractivity contribution in [2.75, 3.05) is 7.11 Å². The minimum atomic E-state index is -0.649. The molecule has 0 saturated carbocycles. The number of benzene rings is 1. The molecule has 2 aromatic heterocycles. The molecule has 0 fully saturated rings. The monoisotopic (exact) mass is 478 g/mol. The van der Waals surface area contributed by atoms with Crippen molar-refractivity contribution in [3.63, 3.8) is 0 Å². The maximum Gasteiger partial charge on any atom is 0.313 e. The van der Waals surface area contributed by atoms with Crippen LogP contribution in [0, 0.1) is 5.92 Å². The molecule has 11 heteroatoms. The van der Waals surface area contributed by atoms with Gasteiger partial charge in [-0.2, -0.15) is 4.98 Å². The van der Waals surface area contributed by atoms with Crippen LogP contribution in [-0.2, 0) is 4.79 Å². The van der Waals surface area contributed by atoms with Gasteiger partial charge in [0.25, 0.3) is 11.8 Å². The van der Waals surface area contributed by atoms with Crippen LogP contribution in [0.1, 0.15) is 43.1 Å². The van der Waals surface area contributed by atoms with Gasteiger partial charge in [0.05, 0.1) is 29.1 Å². The zero-order chi connectivity index (χ0) is 23.4. The fourth-order valence-corrected chi connectivity index (χ4v) is 2.85. The normalized spacial score (nSPS) is 11.8. The maximum atomic E-state index is 12.9. The van der Waals surface area contributed by atoms with E-state index in [2.05, 4.69) is 20.4 Å². The van der Waals surface area contributed by atoms with E-state index in [1.807, 2.05) is 0 Å². The third-order valence-electron chi connectivity index (χ3n) is 4.32. The average Bonchev–Trinajstić information content (AvgIpc) is 3.26. The van der Waals surface area contributed by atoms with E-state index in [0.29, 0.717) is 15.6 Å². The SMILES string of the molecule is COc1ccnc(C(=O)N[C@@H](C)c2noc(-c3ccc(Cl)c(Cl)c3)n2)c1OC(=O)C(C)C. The summed E-state index contributed by atoms with van der Waals surface area (Å²) in [6.45, 7) is 5.02. The number of amides is 1. The van der Waals surface area contributed by atoms with Gasteiger partial charge in [-0.15, -0.1) is 0 Å². The number of nitrogens with one attached hydrogen (secondary N) is 1. The molecule has 1 aromatic carbocycles. The zero-order valence-corrected chi connectivity index (χ0v) is 19.2. The quantitative estimate of drug-likeness (QED) is 0.493. The highest BCUT2D eigenvalue weighted by Crippen LogP contribution is 2.31. The topological polar surface area (TPSA) is 116 Å². The summed E-state index contributed by atoms with van der Waals surface area (Å²) in [4.78, 5) is 33.3. The Bertz CT molecular complexity index is 1150. The largest absolute Gasteiger partial charge is 0.493 e. The predicted octanol–water partition coefficient (Wildman–Crippen LogP) is 4.50. The van der Waals surface area contributed by atoms with Crippen molar-refractivity contribution in [1.29, 1.82) is 0 Å². The zero-order valence-electron chi connectivity index (χ0n) is 17.7. The van der Waals surface area contributed by atoms with E-state index in [4.69, 9.17) is 37.2 Å². The van der Waals surface area contributed by atoms with Gasteiger partial charge in [0, 0.05) is 17.8 Å². The van der Waals surface area contributed by atoms with Crippen molar-refractivity contribution in [2.24, 2.45) is 5.92 Å². The summed E-state index contributed by atoms with van der Waals surface area (Å²) in [5.41, 5.74) is 0.465.